The third-order valence-corrected chi connectivity index (χ3v) is 11.7. The van der Waals surface area contributed by atoms with Crippen LogP contribution in [0.5, 0.6) is 11.5 Å². The zero-order valence-corrected chi connectivity index (χ0v) is 33.9. The van der Waals surface area contributed by atoms with Crippen LogP contribution >= 0.6 is 0 Å². The molecule has 12 nitrogen and oxygen atoms in total. The highest BCUT2D eigenvalue weighted by Gasteiger charge is 2.38. The maximum Gasteiger partial charge on any atom is 0.243 e. The Labute approximate surface area is 340 Å². The maximum absolute atomic E-state index is 13.9. The minimum absolute atomic E-state index is 0.161. The number of benzene rings is 4. The van der Waals surface area contributed by atoms with Gasteiger partial charge in [-0.15, -0.1) is 0 Å². The van der Waals surface area contributed by atoms with Gasteiger partial charge in [0.1, 0.15) is 23.6 Å². The molecule has 8 N–H and O–H groups in total. The van der Waals surface area contributed by atoms with Crippen LogP contribution in [0.3, 0.4) is 0 Å². The van der Waals surface area contributed by atoms with E-state index in [0.717, 1.165) is 55.6 Å². The maximum atomic E-state index is 13.9. The number of phenolic OH excluding ortho intramolecular Hbond substituents is 2. The monoisotopic (exact) mass is 788 g/mol. The lowest BCUT2D eigenvalue weighted by atomic mass is 9.91. The van der Waals surface area contributed by atoms with E-state index in [1.54, 1.807) is 34.1 Å². The van der Waals surface area contributed by atoms with E-state index in [2.05, 4.69) is 10.6 Å². The number of aromatic hydroxyl groups is 2. The second-order valence-corrected chi connectivity index (χ2v) is 15.9. The second-order valence-electron chi connectivity index (χ2n) is 15.9. The standard InChI is InChI=1S/C46H56N6O6/c1-27-17-35(53)18-28(2)37(27)23-39(47)45(57)51-25-33-13-7-5-11-31(33)21-41(51)43(55)49-15-9-10-16-50-44(56)42-22-32-12-6-8-14-34(32)26-52(42)46(58)40(48)24-38-29(3)19-36(54)20-30(38)4/h5-8,11-14,17-20,39-42,53-54H,9-10,15-16,21-26,47-48H2,1-4H3,(H,49,55)(H,50,56). The van der Waals surface area contributed by atoms with E-state index in [-0.39, 0.29) is 61.1 Å². The third-order valence-electron chi connectivity index (χ3n) is 11.7. The molecule has 0 saturated carbocycles. The first-order valence-corrected chi connectivity index (χ1v) is 20.1. The number of hydrogen-bond donors (Lipinski definition) is 6. The molecule has 0 radical (unpaired) electrons. The highest BCUT2D eigenvalue weighted by molar-refractivity contribution is 5.91. The molecule has 58 heavy (non-hydrogen) atoms. The quantitative estimate of drug-likeness (QED) is 0.111. The smallest absolute Gasteiger partial charge is 0.243 e. The van der Waals surface area contributed by atoms with Gasteiger partial charge in [0, 0.05) is 39.0 Å². The molecule has 2 heterocycles. The van der Waals surface area contributed by atoms with Gasteiger partial charge in [-0.3, -0.25) is 19.2 Å². The molecule has 2 aliphatic heterocycles. The van der Waals surface area contributed by atoms with Crippen molar-refractivity contribution in [3.8, 4) is 11.5 Å². The van der Waals surface area contributed by atoms with Gasteiger partial charge in [0.05, 0.1) is 12.1 Å². The van der Waals surface area contributed by atoms with Crippen molar-refractivity contribution < 1.29 is 29.4 Å². The predicted molar refractivity (Wildman–Crippen MR) is 223 cm³/mol. The van der Waals surface area contributed by atoms with E-state index in [1.165, 1.54) is 0 Å². The van der Waals surface area contributed by atoms with Crippen molar-refractivity contribution in [2.45, 2.75) is 103 Å². The summed E-state index contributed by atoms with van der Waals surface area (Å²) < 4.78 is 0. The van der Waals surface area contributed by atoms with Crippen molar-refractivity contribution in [3.63, 3.8) is 0 Å². The first-order chi connectivity index (χ1) is 27.7. The summed E-state index contributed by atoms with van der Waals surface area (Å²) in [5.41, 5.74) is 22.2. The summed E-state index contributed by atoms with van der Waals surface area (Å²) in [5.74, 6) is -0.829. The molecule has 2 aliphatic rings. The first kappa shape index (κ1) is 41.9. The minimum atomic E-state index is -0.877. The van der Waals surface area contributed by atoms with Crippen molar-refractivity contribution in [1.29, 1.82) is 0 Å². The van der Waals surface area contributed by atoms with Crippen LogP contribution in [-0.2, 0) is 58.0 Å². The number of rotatable bonds is 13. The molecule has 6 rings (SSSR count). The van der Waals surface area contributed by atoms with Crippen LogP contribution in [0.1, 0.15) is 68.5 Å². The van der Waals surface area contributed by atoms with Crippen molar-refractivity contribution in [3.05, 3.63) is 128 Å². The molecule has 4 unspecified atom stereocenters. The van der Waals surface area contributed by atoms with Crippen LogP contribution in [-0.4, -0.2) is 80.9 Å². The van der Waals surface area contributed by atoms with E-state index in [1.807, 2.05) is 76.2 Å². The number of unbranched alkanes of at least 4 members (excludes halogenated alkanes) is 1. The number of nitrogens with two attached hydrogens (primary N) is 2. The number of nitrogens with one attached hydrogen (secondary N) is 2. The number of nitrogens with zero attached hydrogens (tertiary/aromatic N) is 2. The fourth-order valence-corrected chi connectivity index (χ4v) is 8.51. The van der Waals surface area contributed by atoms with Gasteiger partial charge >= 0.3 is 0 Å². The number of carbonyl (C=O) groups excluding carboxylic acids is 4. The number of carbonyl (C=O) groups is 4. The molecule has 0 aromatic heterocycles. The molecule has 306 valence electrons. The van der Waals surface area contributed by atoms with Gasteiger partial charge in [-0.2, -0.15) is 0 Å². The summed E-state index contributed by atoms with van der Waals surface area (Å²) in [7, 11) is 0. The number of fused-ring (bicyclic) bond motifs is 2. The Hall–Kier alpha value is -5.72. The molecule has 4 aromatic carbocycles. The lowest BCUT2D eigenvalue weighted by Gasteiger charge is -2.37. The van der Waals surface area contributed by atoms with Gasteiger partial charge in [0.15, 0.2) is 0 Å². The fourth-order valence-electron chi connectivity index (χ4n) is 8.51. The zero-order valence-electron chi connectivity index (χ0n) is 33.9. The molecular formula is C46H56N6O6. The number of aryl methyl sites for hydroxylation is 4. The van der Waals surface area contributed by atoms with E-state index >= 15 is 0 Å². The largest absolute Gasteiger partial charge is 0.508 e. The van der Waals surface area contributed by atoms with Crippen LogP contribution in [0.15, 0.2) is 72.8 Å². The van der Waals surface area contributed by atoms with Crippen molar-refractivity contribution in [1.82, 2.24) is 20.4 Å². The Kier molecular flexibility index (Phi) is 13.2. The Morgan fingerprint density at radius 3 is 1.28 bits per heavy atom. The van der Waals surface area contributed by atoms with E-state index in [4.69, 9.17) is 11.5 Å². The molecule has 0 spiro atoms. The Balaban J connectivity index is 1.04. The molecule has 0 bridgehead atoms. The minimum Gasteiger partial charge on any atom is -0.508 e. The first-order valence-electron chi connectivity index (χ1n) is 20.1. The molecule has 0 fully saturated rings. The van der Waals surface area contributed by atoms with Crippen LogP contribution in [0.4, 0.5) is 0 Å². The lowest BCUT2D eigenvalue weighted by Crippen LogP contribution is -2.57. The second kappa shape index (κ2) is 18.3. The normalized spacial score (nSPS) is 17.1. The number of phenols is 2. The summed E-state index contributed by atoms with van der Waals surface area (Å²) in [6.07, 6.45) is 2.44. The van der Waals surface area contributed by atoms with E-state index in [0.29, 0.717) is 38.8 Å². The highest BCUT2D eigenvalue weighted by atomic mass is 16.3. The van der Waals surface area contributed by atoms with Gasteiger partial charge in [-0.25, -0.2) is 0 Å². The molecule has 0 saturated heterocycles. The van der Waals surface area contributed by atoms with Gasteiger partial charge in [0.2, 0.25) is 23.6 Å². The SMILES string of the molecule is Cc1cc(O)cc(C)c1CC(N)C(=O)N1Cc2ccccc2CC1C(=O)NCCCCNC(=O)C1Cc2ccccc2CN1C(=O)C(N)Cc1c(C)cc(O)cc1C. The summed E-state index contributed by atoms with van der Waals surface area (Å²) in [4.78, 5) is 58.4. The molecule has 12 heteroatoms. The third kappa shape index (κ3) is 9.52. The average Bonchev–Trinajstić information content (AvgIpc) is 3.19. The summed E-state index contributed by atoms with van der Waals surface area (Å²) in [5, 5.41) is 26.0. The fraction of sp³-hybridized carbons (Fsp3) is 0.391. The highest BCUT2D eigenvalue weighted by Crippen LogP contribution is 2.28. The van der Waals surface area contributed by atoms with Gasteiger partial charge < -0.3 is 42.1 Å². The van der Waals surface area contributed by atoms with Gasteiger partial charge in [-0.05, 0) is 133 Å². The van der Waals surface area contributed by atoms with Gasteiger partial charge in [0.25, 0.3) is 0 Å². The van der Waals surface area contributed by atoms with Crippen LogP contribution in [0.2, 0.25) is 0 Å². The molecule has 4 atom stereocenters. The van der Waals surface area contributed by atoms with Crippen molar-refractivity contribution in [2.24, 2.45) is 11.5 Å². The summed E-state index contributed by atoms with van der Waals surface area (Å²) in [6, 6.07) is 19.0. The Bertz CT molecular complexity index is 1990. The van der Waals surface area contributed by atoms with E-state index < -0.39 is 24.2 Å². The Morgan fingerprint density at radius 1 is 0.603 bits per heavy atom. The van der Waals surface area contributed by atoms with E-state index in [9.17, 15) is 29.4 Å². The van der Waals surface area contributed by atoms with Crippen LogP contribution in [0, 0.1) is 27.7 Å². The average molecular weight is 789 g/mol. The summed E-state index contributed by atoms with van der Waals surface area (Å²) >= 11 is 0. The van der Waals surface area contributed by atoms with Crippen molar-refractivity contribution >= 4 is 23.6 Å². The molecule has 4 aromatic rings. The molecule has 4 amide bonds. The lowest BCUT2D eigenvalue weighted by molar-refractivity contribution is -0.143. The van der Waals surface area contributed by atoms with Crippen LogP contribution in [0.25, 0.3) is 0 Å². The molecule has 0 aliphatic carbocycles. The summed E-state index contributed by atoms with van der Waals surface area (Å²) in [6.45, 7) is 8.74. The predicted octanol–water partition coefficient (Wildman–Crippen LogP) is 3.69. The topological polar surface area (TPSA) is 191 Å². The molecular weight excluding hydrogens is 733 g/mol. The van der Waals surface area contributed by atoms with Crippen LogP contribution < -0.4 is 22.1 Å². The number of hydrogen-bond acceptors (Lipinski definition) is 8. The Morgan fingerprint density at radius 2 is 0.931 bits per heavy atom. The van der Waals surface area contributed by atoms with Gasteiger partial charge in [-0.1, -0.05) is 48.5 Å². The number of amides is 4. The van der Waals surface area contributed by atoms with Crippen molar-refractivity contribution in [2.75, 3.05) is 13.1 Å². The zero-order chi connectivity index (χ0) is 41.7.